The number of benzene rings is 1. The minimum atomic E-state index is -3.67. The van der Waals surface area contributed by atoms with Gasteiger partial charge in [-0.05, 0) is 24.3 Å². The minimum Gasteiger partial charge on any atom is -0.369 e. The Balaban J connectivity index is 1.34. The smallest absolute Gasteiger partial charge is 0.245 e. The van der Waals surface area contributed by atoms with E-state index in [9.17, 15) is 18.0 Å². The fraction of sp³-hybridized carbons (Fsp3) is 0.286. The molecular formula is C21H24N6O4S2. The molecule has 1 aliphatic rings. The maximum absolute atomic E-state index is 13.1. The average molecular weight is 489 g/mol. The second-order valence-electron chi connectivity index (χ2n) is 7.53. The maximum Gasteiger partial charge on any atom is 0.245 e. The van der Waals surface area contributed by atoms with Crippen LogP contribution in [0.15, 0.2) is 58.6 Å². The van der Waals surface area contributed by atoms with Crippen molar-refractivity contribution in [3.8, 4) is 0 Å². The van der Waals surface area contributed by atoms with Crippen LogP contribution in [0.3, 0.4) is 0 Å². The van der Waals surface area contributed by atoms with Crippen molar-refractivity contribution in [1.82, 2.24) is 19.2 Å². The number of aromatic amines is 1. The number of sulfonamides is 1. The second-order valence-corrected chi connectivity index (χ2v) is 10.5. The molecule has 1 aromatic carbocycles. The van der Waals surface area contributed by atoms with E-state index in [1.807, 2.05) is 17.0 Å². The van der Waals surface area contributed by atoms with Crippen LogP contribution in [0.4, 0.5) is 5.69 Å². The Morgan fingerprint density at radius 3 is 2.64 bits per heavy atom. The van der Waals surface area contributed by atoms with Gasteiger partial charge in [0.1, 0.15) is 10.5 Å². The summed E-state index contributed by atoms with van der Waals surface area (Å²) in [5, 5.41) is 3.43. The zero-order chi connectivity index (χ0) is 23.4. The molecule has 12 heteroatoms. The van der Waals surface area contributed by atoms with Crippen molar-refractivity contribution in [3.63, 3.8) is 0 Å². The van der Waals surface area contributed by atoms with Crippen LogP contribution in [0.2, 0.25) is 0 Å². The fourth-order valence-corrected chi connectivity index (χ4v) is 5.97. The van der Waals surface area contributed by atoms with E-state index in [2.05, 4.69) is 15.3 Å². The zero-order valence-corrected chi connectivity index (χ0v) is 19.4. The number of thioether (sulfide) groups is 1. The molecule has 174 valence electrons. The van der Waals surface area contributed by atoms with Gasteiger partial charge in [0.15, 0.2) is 0 Å². The number of nitrogens with zero attached hydrogens (tertiary/aromatic N) is 3. The van der Waals surface area contributed by atoms with Crippen molar-refractivity contribution in [2.24, 2.45) is 5.73 Å². The number of nitrogens with two attached hydrogens (primary N) is 1. The van der Waals surface area contributed by atoms with Gasteiger partial charge in [-0.15, -0.1) is 11.8 Å². The number of carbonyl (C=O) groups excluding carboxylic acids is 2. The number of primary amides is 1. The highest BCUT2D eigenvalue weighted by Gasteiger charge is 2.31. The van der Waals surface area contributed by atoms with Crippen LogP contribution >= 0.6 is 11.8 Å². The van der Waals surface area contributed by atoms with Crippen molar-refractivity contribution < 1.29 is 18.0 Å². The Morgan fingerprint density at radius 1 is 1.12 bits per heavy atom. The number of rotatable bonds is 8. The van der Waals surface area contributed by atoms with Gasteiger partial charge in [0, 0.05) is 48.9 Å². The lowest BCUT2D eigenvalue weighted by Gasteiger charge is -2.33. The number of aromatic nitrogens is 2. The van der Waals surface area contributed by atoms with Gasteiger partial charge < -0.3 is 16.0 Å². The first-order valence-corrected chi connectivity index (χ1v) is 12.7. The summed E-state index contributed by atoms with van der Waals surface area (Å²) in [7, 11) is -3.67. The second kappa shape index (κ2) is 9.91. The topological polar surface area (TPSA) is 141 Å². The summed E-state index contributed by atoms with van der Waals surface area (Å²) < 4.78 is 27.7. The molecule has 0 atom stereocenters. The summed E-state index contributed by atoms with van der Waals surface area (Å²) in [6, 6.07) is 10.6. The number of fused-ring (bicyclic) bond motifs is 1. The molecule has 0 bridgehead atoms. The predicted molar refractivity (Wildman–Crippen MR) is 126 cm³/mol. The zero-order valence-electron chi connectivity index (χ0n) is 17.7. The van der Waals surface area contributed by atoms with Crippen LogP contribution in [0.5, 0.6) is 0 Å². The van der Waals surface area contributed by atoms with Gasteiger partial charge in [0.25, 0.3) is 0 Å². The van der Waals surface area contributed by atoms with E-state index >= 15 is 0 Å². The highest BCUT2D eigenvalue weighted by molar-refractivity contribution is 8.00. The molecule has 3 heterocycles. The number of carbonyl (C=O) groups is 2. The molecule has 0 spiro atoms. The van der Waals surface area contributed by atoms with Gasteiger partial charge in [-0.2, -0.15) is 4.31 Å². The lowest BCUT2D eigenvalue weighted by molar-refractivity contribution is -0.117. The number of pyridine rings is 1. The molecule has 2 aromatic heterocycles. The minimum absolute atomic E-state index is 0.121. The highest BCUT2D eigenvalue weighted by Crippen LogP contribution is 2.27. The molecule has 33 heavy (non-hydrogen) atoms. The standard InChI is InChI=1S/C21H24N6O4S2/c22-19(28)14-32-17-6-2-1-5-16(17)25-20(29)13-26-8-10-27(11-9-26)33(30,31)18-12-24-21-15(18)4-3-7-23-21/h1-7,12H,8-11,13-14H2,(H2,22,28)(H,23,24)(H,25,29). The number of hydrogen-bond donors (Lipinski definition) is 3. The molecular weight excluding hydrogens is 464 g/mol. The number of nitrogens with one attached hydrogen (secondary N) is 2. The number of hydrogen-bond acceptors (Lipinski definition) is 7. The van der Waals surface area contributed by atoms with E-state index in [-0.39, 0.29) is 36.2 Å². The lowest BCUT2D eigenvalue weighted by Crippen LogP contribution is -2.50. The van der Waals surface area contributed by atoms with Gasteiger partial charge in [-0.25, -0.2) is 13.4 Å². The molecule has 2 amide bonds. The number of H-pyrrole nitrogens is 1. The first-order valence-electron chi connectivity index (χ1n) is 10.3. The predicted octanol–water partition coefficient (Wildman–Crippen LogP) is 1.09. The Morgan fingerprint density at radius 2 is 1.88 bits per heavy atom. The molecule has 0 aliphatic carbocycles. The Labute approximate surface area is 195 Å². The van der Waals surface area contributed by atoms with Gasteiger partial charge in [-0.1, -0.05) is 12.1 Å². The summed E-state index contributed by atoms with van der Waals surface area (Å²) in [6.07, 6.45) is 3.08. The first kappa shape index (κ1) is 23.2. The van der Waals surface area contributed by atoms with E-state index < -0.39 is 15.9 Å². The third-order valence-electron chi connectivity index (χ3n) is 5.26. The Bertz CT molecular complexity index is 1270. The quantitative estimate of drug-likeness (QED) is 0.403. The molecule has 0 unspecified atom stereocenters. The summed E-state index contributed by atoms with van der Waals surface area (Å²) in [4.78, 5) is 33.6. The van der Waals surface area contributed by atoms with E-state index in [4.69, 9.17) is 5.73 Å². The summed E-state index contributed by atoms with van der Waals surface area (Å²) in [5.74, 6) is -0.519. The van der Waals surface area contributed by atoms with Crippen LogP contribution in [0, 0.1) is 0 Å². The molecule has 0 saturated carbocycles. The summed E-state index contributed by atoms with van der Waals surface area (Å²) in [6.45, 7) is 1.58. The van der Waals surface area contributed by atoms with Crippen LogP contribution in [-0.2, 0) is 19.6 Å². The van der Waals surface area contributed by atoms with Crippen LogP contribution in [-0.4, -0.2) is 77.9 Å². The maximum atomic E-state index is 13.1. The van der Waals surface area contributed by atoms with Gasteiger partial charge in [0.05, 0.1) is 18.0 Å². The first-order chi connectivity index (χ1) is 15.8. The number of anilines is 1. The number of piperazine rings is 1. The SMILES string of the molecule is NC(=O)CSc1ccccc1NC(=O)CN1CCN(S(=O)(=O)c2c[nH]c3ncccc23)CC1. The monoisotopic (exact) mass is 488 g/mol. The van der Waals surface area contributed by atoms with Crippen LogP contribution in [0.1, 0.15) is 0 Å². The lowest BCUT2D eigenvalue weighted by atomic mass is 10.3. The van der Waals surface area contributed by atoms with Crippen molar-refractivity contribution in [1.29, 1.82) is 0 Å². The molecule has 1 aliphatic heterocycles. The Hall–Kier alpha value is -2.93. The fourth-order valence-electron chi connectivity index (χ4n) is 3.65. The van der Waals surface area contributed by atoms with Crippen LogP contribution < -0.4 is 11.1 Å². The molecule has 4 N–H and O–H groups in total. The molecule has 10 nitrogen and oxygen atoms in total. The molecule has 4 rings (SSSR count). The largest absolute Gasteiger partial charge is 0.369 e. The number of para-hydroxylation sites is 1. The van der Waals surface area contributed by atoms with E-state index in [0.29, 0.717) is 29.8 Å². The molecule has 3 aromatic rings. The average Bonchev–Trinajstić information content (AvgIpc) is 3.24. The molecule has 1 fully saturated rings. The van der Waals surface area contributed by atoms with E-state index in [0.717, 1.165) is 4.90 Å². The number of amides is 2. The van der Waals surface area contributed by atoms with Gasteiger partial charge in [-0.3, -0.25) is 14.5 Å². The van der Waals surface area contributed by atoms with Crippen molar-refractivity contribution in [3.05, 3.63) is 48.8 Å². The third kappa shape index (κ3) is 5.36. The third-order valence-corrected chi connectivity index (χ3v) is 8.29. The molecule has 0 radical (unpaired) electrons. The van der Waals surface area contributed by atoms with Crippen LogP contribution in [0.25, 0.3) is 11.0 Å². The summed E-state index contributed by atoms with van der Waals surface area (Å²) >= 11 is 1.26. The normalized spacial score (nSPS) is 15.5. The van der Waals surface area contributed by atoms with E-state index in [1.54, 1.807) is 30.5 Å². The van der Waals surface area contributed by atoms with Crippen molar-refractivity contribution in [2.75, 3.05) is 43.8 Å². The van der Waals surface area contributed by atoms with E-state index in [1.165, 1.54) is 22.3 Å². The van der Waals surface area contributed by atoms with Gasteiger partial charge >= 0.3 is 0 Å². The summed E-state index contributed by atoms with van der Waals surface area (Å²) in [5.41, 5.74) is 6.35. The van der Waals surface area contributed by atoms with Crippen molar-refractivity contribution >= 4 is 50.3 Å². The van der Waals surface area contributed by atoms with Crippen molar-refractivity contribution in [2.45, 2.75) is 9.79 Å². The highest BCUT2D eigenvalue weighted by atomic mass is 32.2. The Kier molecular flexibility index (Phi) is 6.98. The van der Waals surface area contributed by atoms with Gasteiger partial charge in [0.2, 0.25) is 21.8 Å². The molecule has 1 saturated heterocycles.